The Morgan fingerprint density at radius 2 is 2.23 bits per heavy atom. The average molecular weight is 179 g/mol. The summed E-state index contributed by atoms with van der Waals surface area (Å²) in [5.41, 5.74) is 6.40. The van der Waals surface area contributed by atoms with Crippen molar-refractivity contribution in [1.29, 1.82) is 0 Å². The van der Waals surface area contributed by atoms with Gasteiger partial charge >= 0.3 is 0 Å². The zero-order valence-corrected chi connectivity index (χ0v) is 7.53. The summed E-state index contributed by atoms with van der Waals surface area (Å²) in [4.78, 5) is 15.2. The average Bonchev–Trinajstić information content (AvgIpc) is 2.20. The van der Waals surface area contributed by atoms with Crippen molar-refractivity contribution in [1.82, 2.24) is 10.3 Å². The fourth-order valence-electron chi connectivity index (χ4n) is 1.16. The lowest BCUT2D eigenvalue weighted by Crippen LogP contribution is -2.30. The third-order valence-corrected chi connectivity index (χ3v) is 1.91. The third-order valence-electron chi connectivity index (χ3n) is 1.91. The number of hydrogen-bond donors (Lipinski definition) is 2. The zero-order chi connectivity index (χ0) is 9.68. The predicted octanol–water partition coefficient (Wildman–Crippen LogP) is -0.130. The normalized spacial score (nSPS) is 12.2. The molecule has 1 aromatic rings. The highest BCUT2D eigenvalue weighted by Gasteiger charge is 2.16. The van der Waals surface area contributed by atoms with Gasteiger partial charge < -0.3 is 11.1 Å². The van der Waals surface area contributed by atoms with Crippen LogP contribution in [-0.4, -0.2) is 24.5 Å². The molecule has 3 N–H and O–H groups in total. The van der Waals surface area contributed by atoms with Crippen LogP contribution in [0.2, 0.25) is 0 Å². The van der Waals surface area contributed by atoms with Crippen LogP contribution in [0.25, 0.3) is 0 Å². The Balaban J connectivity index is 2.85. The van der Waals surface area contributed by atoms with E-state index < -0.39 is 0 Å². The standard InChI is InChI=1S/C9H13N3O/c1-11-9(13)8(6-10)7-2-4-12-5-3-7/h2-5,8H,6,10H2,1H3,(H,11,13). The maximum Gasteiger partial charge on any atom is 0.228 e. The Hall–Kier alpha value is -1.42. The SMILES string of the molecule is CNC(=O)C(CN)c1ccncc1. The van der Waals surface area contributed by atoms with Crippen LogP contribution >= 0.6 is 0 Å². The van der Waals surface area contributed by atoms with Gasteiger partial charge in [0, 0.05) is 26.0 Å². The molecule has 0 radical (unpaired) electrons. The number of aromatic nitrogens is 1. The fourth-order valence-corrected chi connectivity index (χ4v) is 1.16. The molecule has 0 bridgehead atoms. The Morgan fingerprint density at radius 1 is 1.62 bits per heavy atom. The van der Waals surface area contributed by atoms with Crippen LogP contribution in [0.1, 0.15) is 11.5 Å². The van der Waals surface area contributed by atoms with E-state index in [1.165, 1.54) is 0 Å². The molecular formula is C9H13N3O. The molecule has 1 aromatic heterocycles. The number of likely N-dealkylation sites (N-methyl/N-ethyl adjacent to an activating group) is 1. The van der Waals surface area contributed by atoms with Gasteiger partial charge in [0.2, 0.25) is 5.91 Å². The number of carbonyl (C=O) groups is 1. The number of amides is 1. The maximum atomic E-state index is 11.3. The molecule has 0 fully saturated rings. The number of nitrogens with two attached hydrogens (primary N) is 1. The van der Waals surface area contributed by atoms with Crippen molar-refractivity contribution < 1.29 is 4.79 Å². The summed E-state index contributed by atoms with van der Waals surface area (Å²) in [6, 6.07) is 3.60. The molecule has 0 spiro atoms. The molecule has 1 unspecified atom stereocenters. The van der Waals surface area contributed by atoms with Crippen molar-refractivity contribution in [3.05, 3.63) is 30.1 Å². The molecule has 1 amide bonds. The molecule has 0 aliphatic rings. The van der Waals surface area contributed by atoms with E-state index in [1.54, 1.807) is 31.6 Å². The predicted molar refractivity (Wildman–Crippen MR) is 50.1 cm³/mol. The van der Waals surface area contributed by atoms with Crippen LogP contribution < -0.4 is 11.1 Å². The van der Waals surface area contributed by atoms with Crippen LogP contribution in [0.15, 0.2) is 24.5 Å². The van der Waals surface area contributed by atoms with Crippen LogP contribution in [0.5, 0.6) is 0 Å². The first kappa shape index (κ1) is 9.67. The van der Waals surface area contributed by atoms with E-state index in [0.717, 1.165) is 5.56 Å². The summed E-state index contributed by atoms with van der Waals surface area (Å²) in [6.45, 7) is 0.309. The summed E-state index contributed by atoms with van der Waals surface area (Å²) in [6.07, 6.45) is 3.31. The lowest BCUT2D eigenvalue weighted by molar-refractivity contribution is -0.121. The van der Waals surface area contributed by atoms with Crippen LogP contribution in [0.3, 0.4) is 0 Å². The molecule has 0 aliphatic carbocycles. The minimum Gasteiger partial charge on any atom is -0.359 e. The van der Waals surface area contributed by atoms with Gasteiger partial charge in [0.15, 0.2) is 0 Å². The number of rotatable bonds is 3. The first-order valence-corrected chi connectivity index (χ1v) is 4.11. The van der Waals surface area contributed by atoms with Gasteiger partial charge in [0.1, 0.15) is 0 Å². The highest BCUT2D eigenvalue weighted by molar-refractivity contribution is 5.83. The van der Waals surface area contributed by atoms with Gasteiger partial charge in [-0.15, -0.1) is 0 Å². The molecule has 13 heavy (non-hydrogen) atoms. The van der Waals surface area contributed by atoms with E-state index in [4.69, 9.17) is 5.73 Å². The van der Waals surface area contributed by atoms with E-state index in [-0.39, 0.29) is 11.8 Å². The molecule has 0 aliphatic heterocycles. The largest absolute Gasteiger partial charge is 0.359 e. The molecule has 1 rings (SSSR count). The van der Waals surface area contributed by atoms with Gasteiger partial charge in [-0.3, -0.25) is 9.78 Å². The van der Waals surface area contributed by atoms with Gasteiger partial charge in [-0.2, -0.15) is 0 Å². The molecule has 0 aromatic carbocycles. The second-order valence-electron chi connectivity index (χ2n) is 2.68. The van der Waals surface area contributed by atoms with Gasteiger partial charge in [0.05, 0.1) is 5.92 Å². The van der Waals surface area contributed by atoms with E-state index in [2.05, 4.69) is 10.3 Å². The summed E-state index contributed by atoms with van der Waals surface area (Å²) in [7, 11) is 1.60. The van der Waals surface area contributed by atoms with Crippen molar-refractivity contribution in [2.24, 2.45) is 5.73 Å². The first-order valence-electron chi connectivity index (χ1n) is 4.11. The Kier molecular flexibility index (Phi) is 3.40. The summed E-state index contributed by atoms with van der Waals surface area (Å²) in [5, 5.41) is 2.58. The highest BCUT2D eigenvalue weighted by Crippen LogP contribution is 2.12. The van der Waals surface area contributed by atoms with Crippen molar-refractivity contribution in [3.63, 3.8) is 0 Å². The summed E-state index contributed by atoms with van der Waals surface area (Å²) in [5.74, 6) is -0.332. The number of carbonyl (C=O) groups excluding carboxylic acids is 1. The van der Waals surface area contributed by atoms with Gasteiger partial charge in [-0.1, -0.05) is 0 Å². The van der Waals surface area contributed by atoms with Crippen LogP contribution in [0.4, 0.5) is 0 Å². The molecule has 4 heteroatoms. The zero-order valence-electron chi connectivity index (χ0n) is 7.53. The van der Waals surface area contributed by atoms with Gasteiger partial charge in [0.25, 0.3) is 0 Å². The molecule has 1 heterocycles. The van der Waals surface area contributed by atoms with Gasteiger partial charge in [-0.05, 0) is 17.7 Å². The Labute approximate surface area is 77.2 Å². The third kappa shape index (κ3) is 2.26. The maximum absolute atomic E-state index is 11.3. The molecule has 0 saturated heterocycles. The quantitative estimate of drug-likeness (QED) is 0.679. The molecule has 1 atom stereocenters. The summed E-state index contributed by atoms with van der Waals surface area (Å²) >= 11 is 0. The van der Waals surface area contributed by atoms with Crippen LogP contribution in [0, 0.1) is 0 Å². The topological polar surface area (TPSA) is 68.0 Å². The minimum atomic E-state index is -0.270. The molecular weight excluding hydrogens is 166 g/mol. The van der Waals surface area contributed by atoms with E-state index in [0.29, 0.717) is 6.54 Å². The number of hydrogen-bond acceptors (Lipinski definition) is 3. The highest BCUT2D eigenvalue weighted by atomic mass is 16.1. The second-order valence-corrected chi connectivity index (χ2v) is 2.68. The number of pyridine rings is 1. The van der Waals surface area contributed by atoms with E-state index in [9.17, 15) is 4.79 Å². The van der Waals surface area contributed by atoms with E-state index >= 15 is 0 Å². The summed E-state index contributed by atoms with van der Waals surface area (Å²) < 4.78 is 0. The fraction of sp³-hybridized carbons (Fsp3) is 0.333. The molecule has 70 valence electrons. The van der Waals surface area contributed by atoms with Gasteiger partial charge in [-0.25, -0.2) is 0 Å². The first-order chi connectivity index (χ1) is 6.29. The van der Waals surface area contributed by atoms with Crippen LogP contribution in [-0.2, 0) is 4.79 Å². The molecule has 0 saturated carbocycles. The lowest BCUT2D eigenvalue weighted by Gasteiger charge is -2.12. The van der Waals surface area contributed by atoms with Crippen molar-refractivity contribution >= 4 is 5.91 Å². The smallest absolute Gasteiger partial charge is 0.228 e. The monoisotopic (exact) mass is 179 g/mol. The Bertz CT molecular complexity index is 273. The Morgan fingerprint density at radius 3 is 2.69 bits per heavy atom. The van der Waals surface area contributed by atoms with E-state index in [1.807, 2.05) is 0 Å². The van der Waals surface area contributed by atoms with Crippen molar-refractivity contribution in [3.8, 4) is 0 Å². The molecule has 4 nitrogen and oxygen atoms in total. The second kappa shape index (κ2) is 4.57. The minimum absolute atomic E-state index is 0.0614. The van der Waals surface area contributed by atoms with Crippen molar-refractivity contribution in [2.45, 2.75) is 5.92 Å². The number of nitrogens with one attached hydrogen (secondary N) is 1. The number of nitrogens with zero attached hydrogens (tertiary/aromatic N) is 1. The van der Waals surface area contributed by atoms with Crippen molar-refractivity contribution in [2.75, 3.05) is 13.6 Å². The lowest BCUT2D eigenvalue weighted by atomic mass is 10.00.